The van der Waals surface area contributed by atoms with Crippen LogP contribution < -0.4 is 5.01 Å². The fraction of sp³-hybridized carbons (Fsp3) is 0.211. The largest absolute Gasteiger partial charge is 0.438 e. The molecule has 2 aromatic heterocycles. The van der Waals surface area contributed by atoms with Crippen molar-refractivity contribution >= 4 is 23.0 Å². The summed E-state index contributed by atoms with van der Waals surface area (Å²) in [6, 6.07) is 11.4. The Morgan fingerprint density at radius 2 is 1.68 bits per heavy atom. The van der Waals surface area contributed by atoms with Crippen LogP contribution >= 0.6 is 11.3 Å². The monoisotopic (exact) mass is 458 g/mol. The lowest BCUT2D eigenvalue weighted by Crippen LogP contribution is -2.55. The highest BCUT2D eigenvalue weighted by Crippen LogP contribution is 2.44. The van der Waals surface area contributed by atoms with E-state index in [2.05, 4.69) is 15.1 Å². The Kier molecular flexibility index (Phi) is 5.01. The first kappa shape index (κ1) is 21.2. The van der Waals surface area contributed by atoms with Gasteiger partial charge in [0.25, 0.3) is 5.72 Å². The van der Waals surface area contributed by atoms with Gasteiger partial charge in [-0.05, 0) is 23.1 Å². The van der Waals surface area contributed by atoms with Crippen molar-refractivity contribution in [1.82, 2.24) is 9.97 Å². The van der Waals surface area contributed by atoms with Crippen molar-refractivity contribution < 1.29 is 31.4 Å². The first-order valence-electron chi connectivity index (χ1n) is 8.71. The smallest absolute Gasteiger partial charge is 0.362 e. The van der Waals surface area contributed by atoms with Crippen LogP contribution in [0.1, 0.15) is 17.7 Å². The predicted octanol–water partition coefficient (Wildman–Crippen LogP) is 5.09. The lowest BCUT2D eigenvalue weighted by molar-refractivity contribution is -0.254. The molecule has 3 heterocycles. The molecular weight excluding hydrogens is 446 g/mol. The molecule has 0 aliphatic carbocycles. The molecule has 1 atom stereocenters. The molecule has 0 saturated heterocycles. The fourth-order valence-electron chi connectivity index (χ4n) is 2.99. The summed E-state index contributed by atoms with van der Waals surface area (Å²) in [6.45, 7) is 0. The standard InChI is InChI=1S/C19H12F6N4OS/c20-18(21,22)15-9-12(14-7-4-8-31-14)26-16(27-15)29-17(30,19(23,24)25)10-13(28-29)11-5-2-1-3-6-11/h1-9,30H,10H2/t17-/m0/s1. The Morgan fingerprint density at radius 1 is 0.968 bits per heavy atom. The number of hydrogen-bond acceptors (Lipinski definition) is 6. The Bertz CT molecular complexity index is 1110. The van der Waals surface area contributed by atoms with Crippen LogP contribution in [0.25, 0.3) is 10.6 Å². The molecule has 0 fully saturated rings. The van der Waals surface area contributed by atoms with E-state index in [1.807, 2.05) is 0 Å². The van der Waals surface area contributed by atoms with E-state index in [1.165, 1.54) is 18.2 Å². The number of aromatic nitrogens is 2. The molecule has 0 spiro atoms. The minimum Gasteiger partial charge on any atom is -0.362 e. The molecule has 3 aromatic rings. The normalized spacial score (nSPS) is 19.6. The zero-order valence-corrected chi connectivity index (χ0v) is 16.1. The molecule has 5 nitrogen and oxygen atoms in total. The highest BCUT2D eigenvalue weighted by Gasteiger charge is 2.63. The average Bonchev–Trinajstić information content (AvgIpc) is 3.36. The zero-order chi connectivity index (χ0) is 22.4. The molecule has 1 N–H and O–H groups in total. The summed E-state index contributed by atoms with van der Waals surface area (Å²) in [7, 11) is 0. The number of nitrogens with zero attached hydrogens (tertiary/aromatic N) is 4. The molecular formula is C19H12F6N4OS. The zero-order valence-electron chi connectivity index (χ0n) is 15.3. The number of halogens is 6. The number of hydrazone groups is 1. The summed E-state index contributed by atoms with van der Waals surface area (Å²) in [5.41, 5.74) is -5.19. The minimum absolute atomic E-state index is 0.0156. The maximum atomic E-state index is 13.8. The van der Waals surface area contributed by atoms with Crippen LogP contribution in [0.5, 0.6) is 0 Å². The Labute approximate surface area is 175 Å². The van der Waals surface area contributed by atoms with E-state index in [0.717, 1.165) is 11.3 Å². The number of thiophene rings is 1. The summed E-state index contributed by atoms with van der Waals surface area (Å²) in [6.07, 6.45) is -11.2. The van der Waals surface area contributed by atoms with E-state index in [0.29, 0.717) is 6.07 Å². The molecule has 0 unspecified atom stereocenters. The third-order valence-corrected chi connectivity index (χ3v) is 5.41. The molecule has 4 rings (SSSR count). The molecule has 0 radical (unpaired) electrons. The van der Waals surface area contributed by atoms with Crippen LogP contribution in [0.2, 0.25) is 0 Å². The van der Waals surface area contributed by atoms with E-state index in [4.69, 9.17) is 0 Å². The first-order valence-corrected chi connectivity index (χ1v) is 9.59. The third kappa shape index (κ3) is 3.88. The van der Waals surface area contributed by atoms with Crippen LogP contribution in [0.4, 0.5) is 32.3 Å². The van der Waals surface area contributed by atoms with Crippen molar-refractivity contribution in [3.8, 4) is 10.6 Å². The lowest BCUT2D eigenvalue weighted by atomic mass is 10.0. The molecule has 1 aliphatic heterocycles. The van der Waals surface area contributed by atoms with Crippen molar-refractivity contribution in [3.63, 3.8) is 0 Å². The Hall–Kier alpha value is -2.99. The van der Waals surface area contributed by atoms with Crippen molar-refractivity contribution in [2.75, 3.05) is 5.01 Å². The molecule has 162 valence electrons. The van der Waals surface area contributed by atoms with Crippen LogP contribution in [0, 0.1) is 0 Å². The quantitative estimate of drug-likeness (QED) is 0.556. The molecule has 0 saturated carbocycles. The molecule has 31 heavy (non-hydrogen) atoms. The van der Waals surface area contributed by atoms with Gasteiger partial charge in [0.2, 0.25) is 5.95 Å². The molecule has 1 aromatic carbocycles. The van der Waals surface area contributed by atoms with Crippen LogP contribution in [-0.2, 0) is 6.18 Å². The van der Waals surface area contributed by atoms with Crippen LogP contribution in [0.3, 0.4) is 0 Å². The first-order chi connectivity index (χ1) is 14.5. The van der Waals surface area contributed by atoms with Gasteiger partial charge in [-0.25, -0.2) is 9.97 Å². The topological polar surface area (TPSA) is 61.6 Å². The fourth-order valence-corrected chi connectivity index (χ4v) is 3.68. The number of alkyl halides is 6. The van der Waals surface area contributed by atoms with E-state index in [-0.39, 0.29) is 26.9 Å². The summed E-state index contributed by atoms with van der Waals surface area (Å²) in [5, 5.41) is 15.9. The van der Waals surface area contributed by atoms with Gasteiger partial charge in [0, 0.05) is 0 Å². The number of rotatable bonds is 3. The number of benzene rings is 1. The third-order valence-electron chi connectivity index (χ3n) is 4.51. The summed E-state index contributed by atoms with van der Waals surface area (Å²) < 4.78 is 81.8. The predicted molar refractivity (Wildman–Crippen MR) is 101 cm³/mol. The van der Waals surface area contributed by atoms with Gasteiger partial charge in [-0.15, -0.1) is 11.3 Å². The van der Waals surface area contributed by atoms with Gasteiger partial charge in [-0.3, -0.25) is 0 Å². The van der Waals surface area contributed by atoms with Gasteiger partial charge < -0.3 is 5.11 Å². The van der Waals surface area contributed by atoms with Crippen molar-refractivity contribution in [3.05, 3.63) is 65.2 Å². The second-order valence-corrected chi connectivity index (χ2v) is 7.58. The summed E-state index contributed by atoms with van der Waals surface area (Å²) >= 11 is 1.05. The maximum Gasteiger partial charge on any atom is 0.438 e. The summed E-state index contributed by atoms with van der Waals surface area (Å²) in [4.78, 5) is 7.42. The van der Waals surface area contributed by atoms with Gasteiger partial charge in [0.1, 0.15) is 0 Å². The summed E-state index contributed by atoms with van der Waals surface area (Å²) in [5.74, 6) is -1.01. The maximum absolute atomic E-state index is 13.8. The van der Waals surface area contributed by atoms with E-state index < -0.39 is 36.1 Å². The average molecular weight is 458 g/mol. The van der Waals surface area contributed by atoms with Crippen molar-refractivity contribution in [2.45, 2.75) is 24.5 Å². The van der Waals surface area contributed by atoms with E-state index in [9.17, 15) is 31.4 Å². The highest BCUT2D eigenvalue weighted by molar-refractivity contribution is 7.13. The highest BCUT2D eigenvalue weighted by atomic mass is 32.1. The second-order valence-electron chi connectivity index (χ2n) is 6.63. The minimum atomic E-state index is -5.26. The van der Waals surface area contributed by atoms with Gasteiger partial charge in [-0.2, -0.15) is 36.5 Å². The Morgan fingerprint density at radius 3 is 2.26 bits per heavy atom. The van der Waals surface area contributed by atoms with Crippen LogP contribution in [-0.4, -0.2) is 32.7 Å². The number of aliphatic hydroxyl groups is 1. The van der Waals surface area contributed by atoms with Gasteiger partial charge in [0.05, 0.1) is 22.7 Å². The lowest BCUT2D eigenvalue weighted by Gasteiger charge is -2.32. The molecule has 0 bridgehead atoms. The number of hydrogen-bond donors (Lipinski definition) is 1. The van der Waals surface area contributed by atoms with E-state index in [1.54, 1.807) is 29.6 Å². The molecule has 12 heteroatoms. The molecule has 1 aliphatic rings. The Balaban J connectivity index is 1.90. The second kappa shape index (κ2) is 7.31. The van der Waals surface area contributed by atoms with Crippen LogP contribution in [0.15, 0.2) is 59.0 Å². The van der Waals surface area contributed by atoms with Crippen molar-refractivity contribution in [1.29, 1.82) is 0 Å². The van der Waals surface area contributed by atoms with Gasteiger partial charge in [-0.1, -0.05) is 36.4 Å². The molecule has 0 amide bonds. The number of anilines is 1. The van der Waals surface area contributed by atoms with E-state index >= 15 is 0 Å². The van der Waals surface area contributed by atoms with Gasteiger partial charge in [0.15, 0.2) is 5.69 Å². The van der Waals surface area contributed by atoms with Crippen molar-refractivity contribution in [2.24, 2.45) is 5.10 Å². The van der Waals surface area contributed by atoms with Gasteiger partial charge >= 0.3 is 12.4 Å². The SMILES string of the molecule is O[C@]1(C(F)(F)F)CC(c2ccccc2)=NN1c1nc(-c2cccs2)cc(C(F)(F)F)n1.